The van der Waals surface area contributed by atoms with E-state index in [2.05, 4.69) is 4.98 Å². The average molecular weight is 406 g/mol. The number of halogens is 7. The highest BCUT2D eigenvalue weighted by molar-refractivity contribution is 7.91. The largest absolute Gasteiger partial charge is 0.406 e. The van der Waals surface area contributed by atoms with E-state index in [0.29, 0.717) is 25.2 Å². The zero-order valence-electron chi connectivity index (χ0n) is 11.4. The van der Waals surface area contributed by atoms with Gasteiger partial charge < -0.3 is 0 Å². The fourth-order valence-electron chi connectivity index (χ4n) is 1.23. The highest BCUT2D eigenvalue weighted by Crippen LogP contribution is 2.31. The van der Waals surface area contributed by atoms with Crippen molar-refractivity contribution in [2.75, 3.05) is 0 Å². The van der Waals surface area contributed by atoms with Crippen LogP contribution in [0.4, 0.5) is 26.3 Å². The van der Waals surface area contributed by atoms with E-state index in [1.54, 1.807) is 0 Å². The monoisotopic (exact) mass is 405 g/mol. The van der Waals surface area contributed by atoms with E-state index >= 15 is 0 Å². The van der Waals surface area contributed by atoms with Crippen molar-refractivity contribution in [3.8, 4) is 0 Å². The van der Waals surface area contributed by atoms with E-state index in [0.717, 1.165) is 5.38 Å². The second-order valence-electron chi connectivity index (χ2n) is 4.35. The lowest BCUT2D eigenvalue weighted by Crippen LogP contribution is -2.59. The molecule has 5 nitrogen and oxygen atoms in total. The van der Waals surface area contributed by atoms with Crippen LogP contribution < -0.4 is 5.43 Å². The molecule has 0 aliphatic rings. The maximum absolute atomic E-state index is 12.8. The lowest BCUT2D eigenvalue weighted by molar-refractivity contribution is -0.190. The molecule has 134 valence electrons. The number of aromatic nitrogens is 1. The number of nitrogens with one attached hydrogen (secondary N) is 1. The summed E-state index contributed by atoms with van der Waals surface area (Å²) in [5.74, 6) is 0. The van der Waals surface area contributed by atoms with Crippen molar-refractivity contribution in [2.24, 2.45) is 0 Å². The van der Waals surface area contributed by atoms with Gasteiger partial charge in [0, 0.05) is 5.38 Å². The number of hydrogen-bond acceptors (Lipinski definition) is 5. The van der Waals surface area contributed by atoms with Gasteiger partial charge in [0.25, 0.3) is 10.0 Å². The predicted molar refractivity (Wildman–Crippen MR) is 70.3 cm³/mol. The minimum Gasteiger partial charge on any atom is -0.229 e. The van der Waals surface area contributed by atoms with Gasteiger partial charge in [-0.05, 0) is 13.8 Å². The second-order valence-corrected chi connectivity index (χ2v) is 7.58. The number of alkyl halides is 6. The van der Waals surface area contributed by atoms with Crippen LogP contribution in [-0.4, -0.2) is 42.3 Å². The first-order chi connectivity index (χ1) is 10.2. The molecule has 14 heteroatoms. The quantitative estimate of drug-likeness (QED) is 0.603. The van der Waals surface area contributed by atoms with Crippen LogP contribution in [0.15, 0.2) is 9.72 Å². The molecule has 0 radical (unpaired) electrons. The molecule has 23 heavy (non-hydrogen) atoms. The molecule has 2 unspecified atom stereocenters. The third-order valence-corrected chi connectivity index (χ3v) is 5.92. The number of nitrogens with zero attached hydrogens (tertiary/aromatic N) is 2. The Morgan fingerprint density at radius 2 is 1.74 bits per heavy atom. The van der Waals surface area contributed by atoms with Gasteiger partial charge in [-0.25, -0.2) is 18.8 Å². The Balaban J connectivity index is 3.29. The molecule has 0 fully saturated rings. The summed E-state index contributed by atoms with van der Waals surface area (Å²) in [4.78, 5) is 3.30. The summed E-state index contributed by atoms with van der Waals surface area (Å²) in [7, 11) is -4.99. The standard InChI is InChI=1S/C9H10ClF6N3O2S2/c1-4(8(11,12)13)18-19(5(2)9(14,15)16)23(20,21)7-17-6(10)3-22-7/h3-5,18H,1-2H3. The SMILES string of the molecule is CC(NN(C(C)C(F)(F)F)S(=O)(=O)c1nc(Cl)cs1)C(F)(F)F. The van der Waals surface area contributed by atoms with Gasteiger partial charge >= 0.3 is 12.4 Å². The molecule has 0 saturated heterocycles. The summed E-state index contributed by atoms with van der Waals surface area (Å²) < 4.78 is 99.2. The van der Waals surface area contributed by atoms with Crippen LogP contribution in [0.25, 0.3) is 0 Å². The van der Waals surface area contributed by atoms with Gasteiger partial charge in [-0.3, -0.25) is 0 Å². The predicted octanol–water partition coefficient (Wildman–Crippen LogP) is 3.19. The summed E-state index contributed by atoms with van der Waals surface area (Å²) in [6.07, 6.45) is -10.1. The number of hydrazine groups is 1. The van der Waals surface area contributed by atoms with Gasteiger partial charge in [-0.2, -0.15) is 26.3 Å². The zero-order chi connectivity index (χ0) is 18.2. The number of hydrogen-bond donors (Lipinski definition) is 1. The van der Waals surface area contributed by atoms with Gasteiger partial charge in [-0.1, -0.05) is 11.6 Å². The first-order valence-corrected chi connectivity index (χ1v) is 8.42. The smallest absolute Gasteiger partial charge is 0.229 e. The Bertz CT molecular complexity index is 644. The van der Waals surface area contributed by atoms with Crippen molar-refractivity contribution in [1.82, 2.24) is 14.8 Å². The molecular weight excluding hydrogens is 396 g/mol. The van der Waals surface area contributed by atoms with Gasteiger partial charge in [0.2, 0.25) is 4.34 Å². The van der Waals surface area contributed by atoms with Gasteiger partial charge in [0.1, 0.15) is 17.2 Å². The molecule has 0 amide bonds. The molecule has 0 spiro atoms. The minimum atomic E-state index is -5.10. The van der Waals surface area contributed by atoms with Gasteiger partial charge in [0.05, 0.1) is 0 Å². The van der Waals surface area contributed by atoms with Crippen molar-refractivity contribution in [3.05, 3.63) is 10.5 Å². The van der Waals surface area contributed by atoms with Crippen LogP contribution in [0.2, 0.25) is 5.15 Å². The van der Waals surface area contributed by atoms with E-state index in [1.807, 2.05) is 0 Å². The Morgan fingerprint density at radius 1 is 1.22 bits per heavy atom. The van der Waals surface area contributed by atoms with Crippen molar-refractivity contribution < 1.29 is 34.8 Å². The third kappa shape index (κ3) is 4.92. The van der Waals surface area contributed by atoms with Crippen molar-refractivity contribution in [3.63, 3.8) is 0 Å². The Kier molecular flexibility index (Phi) is 5.95. The van der Waals surface area contributed by atoms with E-state index in [9.17, 15) is 34.8 Å². The number of thiazole rings is 1. The van der Waals surface area contributed by atoms with Crippen LogP contribution >= 0.6 is 22.9 Å². The fraction of sp³-hybridized carbons (Fsp3) is 0.667. The Hall–Kier alpha value is -0.630. The van der Waals surface area contributed by atoms with Crippen LogP contribution in [0.5, 0.6) is 0 Å². The molecule has 0 aliphatic heterocycles. The van der Waals surface area contributed by atoms with E-state index in [-0.39, 0.29) is 5.15 Å². The molecule has 1 aromatic heterocycles. The van der Waals surface area contributed by atoms with Crippen molar-refractivity contribution in [1.29, 1.82) is 0 Å². The van der Waals surface area contributed by atoms with E-state index in [4.69, 9.17) is 11.6 Å². The molecule has 1 aromatic rings. The molecule has 1 heterocycles. The second kappa shape index (κ2) is 6.70. The fourth-order valence-corrected chi connectivity index (χ4v) is 4.03. The first kappa shape index (κ1) is 20.4. The summed E-state index contributed by atoms with van der Waals surface area (Å²) in [6, 6.07) is -5.31. The van der Waals surface area contributed by atoms with E-state index in [1.165, 1.54) is 5.43 Å². The summed E-state index contributed by atoms with van der Waals surface area (Å²) in [5, 5.41) is 0.718. The molecule has 0 aliphatic carbocycles. The maximum atomic E-state index is 12.8. The summed E-state index contributed by atoms with van der Waals surface area (Å²) in [6.45, 7) is 0.892. The van der Waals surface area contributed by atoms with Crippen LogP contribution in [0.3, 0.4) is 0 Å². The van der Waals surface area contributed by atoms with Crippen LogP contribution in [0.1, 0.15) is 13.8 Å². The first-order valence-electron chi connectivity index (χ1n) is 5.72. The minimum absolute atomic E-state index is 0.308. The highest BCUT2D eigenvalue weighted by atomic mass is 35.5. The van der Waals surface area contributed by atoms with Crippen LogP contribution in [0, 0.1) is 0 Å². The molecule has 1 N–H and O–H groups in total. The molecular formula is C9H10ClF6N3O2S2. The average Bonchev–Trinajstić information content (AvgIpc) is 2.79. The highest BCUT2D eigenvalue weighted by Gasteiger charge is 2.49. The van der Waals surface area contributed by atoms with Crippen molar-refractivity contribution in [2.45, 2.75) is 42.6 Å². The topological polar surface area (TPSA) is 62.3 Å². The Morgan fingerprint density at radius 3 is 2.09 bits per heavy atom. The van der Waals surface area contributed by atoms with Gasteiger partial charge in [0.15, 0.2) is 0 Å². The molecule has 2 atom stereocenters. The lowest BCUT2D eigenvalue weighted by Gasteiger charge is -2.32. The van der Waals surface area contributed by atoms with Gasteiger partial charge in [-0.15, -0.1) is 15.8 Å². The number of rotatable bonds is 5. The molecule has 0 saturated carbocycles. The van der Waals surface area contributed by atoms with Crippen LogP contribution in [-0.2, 0) is 10.0 Å². The van der Waals surface area contributed by atoms with Crippen molar-refractivity contribution >= 4 is 33.0 Å². The maximum Gasteiger partial charge on any atom is 0.406 e. The Labute approximate surface area is 136 Å². The lowest BCUT2D eigenvalue weighted by atomic mass is 10.3. The normalized spacial score (nSPS) is 16.6. The summed E-state index contributed by atoms with van der Waals surface area (Å²) >= 11 is 5.80. The van der Waals surface area contributed by atoms with E-state index < -0.39 is 43.2 Å². The summed E-state index contributed by atoms with van der Waals surface area (Å²) in [5.41, 5.74) is 1.34. The molecule has 0 bridgehead atoms. The number of sulfonamides is 1. The molecule has 0 aromatic carbocycles. The zero-order valence-corrected chi connectivity index (χ0v) is 13.8. The molecule has 1 rings (SSSR count). The third-order valence-electron chi connectivity index (χ3n) is 2.57.